The molecule has 0 bridgehead atoms. The van der Waals surface area contributed by atoms with Gasteiger partial charge in [-0.05, 0) is 44.4 Å². The number of carbonyl (C=O) groups excluding carboxylic acids is 1. The maximum absolute atomic E-state index is 11.9. The van der Waals surface area contributed by atoms with Crippen molar-refractivity contribution < 1.29 is 4.79 Å². The Balaban J connectivity index is 1.79. The number of nitrogens with zero attached hydrogens (tertiary/aromatic N) is 1. The van der Waals surface area contributed by atoms with E-state index in [1.54, 1.807) is 0 Å². The topological polar surface area (TPSA) is 41.5 Å². The van der Waals surface area contributed by atoms with Crippen LogP contribution in [0.1, 0.15) is 64.7 Å². The molecule has 0 heterocycles. The minimum atomic E-state index is 0.149. The van der Waals surface area contributed by atoms with Gasteiger partial charge in [-0.3, -0.25) is 4.79 Å². The van der Waals surface area contributed by atoms with Crippen molar-refractivity contribution in [2.45, 2.75) is 64.7 Å². The second-order valence-corrected chi connectivity index (χ2v) is 5.69. The standard InChI is InChI=1S/C14H24N2O/c1-11-6-5-9-13(10-11)15-16-14(17)12-7-3-2-4-8-12/h11-12H,2-10H2,1H3,(H,16,17)/b15-13-/t11-/m1/s1. The lowest BCUT2D eigenvalue weighted by atomic mass is 9.89. The highest BCUT2D eigenvalue weighted by atomic mass is 16.2. The van der Waals surface area contributed by atoms with Crippen LogP contribution in [0.2, 0.25) is 0 Å². The summed E-state index contributed by atoms with van der Waals surface area (Å²) >= 11 is 0. The Morgan fingerprint density at radius 1 is 1.18 bits per heavy atom. The minimum absolute atomic E-state index is 0.149. The summed E-state index contributed by atoms with van der Waals surface area (Å²) in [7, 11) is 0. The second kappa shape index (κ2) is 6.18. The first-order chi connectivity index (χ1) is 8.25. The molecule has 0 aromatic heterocycles. The normalized spacial score (nSPS) is 29.2. The van der Waals surface area contributed by atoms with E-state index in [1.165, 1.54) is 37.8 Å². The summed E-state index contributed by atoms with van der Waals surface area (Å²) in [5.74, 6) is 1.10. The van der Waals surface area contributed by atoms with E-state index in [-0.39, 0.29) is 11.8 Å². The molecule has 0 radical (unpaired) electrons. The number of nitrogens with one attached hydrogen (secondary N) is 1. The number of amides is 1. The first kappa shape index (κ1) is 12.6. The first-order valence-electron chi connectivity index (χ1n) is 7.11. The Hall–Kier alpha value is -0.860. The Morgan fingerprint density at radius 3 is 2.65 bits per heavy atom. The molecule has 3 nitrogen and oxygen atoms in total. The number of hydrazone groups is 1. The molecule has 2 rings (SSSR count). The van der Waals surface area contributed by atoms with Gasteiger partial charge in [0, 0.05) is 11.6 Å². The van der Waals surface area contributed by atoms with Gasteiger partial charge in [0.2, 0.25) is 5.91 Å². The molecule has 2 aliphatic rings. The molecule has 0 saturated heterocycles. The molecule has 1 amide bonds. The van der Waals surface area contributed by atoms with Crippen LogP contribution in [-0.2, 0) is 4.79 Å². The molecule has 96 valence electrons. The van der Waals surface area contributed by atoms with Gasteiger partial charge < -0.3 is 0 Å². The van der Waals surface area contributed by atoms with Crippen LogP contribution in [0.4, 0.5) is 0 Å². The monoisotopic (exact) mass is 236 g/mol. The van der Waals surface area contributed by atoms with E-state index >= 15 is 0 Å². The molecule has 17 heavy (non-hydrogen) atoms. The fourth-order valence-electron chi connectivity index (χ4n) is 2.95. The van der Waals surface area contributed by atoms with Gasteiger partial charge in [0.25, 0.3) is 0 Å². The molecule has 0 aromatic carbocycles. The molecule has 1 atom stereocenters. The maximum atomic E-state index is 11.9. The Kier molecular flexibility index (Phi) is 4.57. The van der Waals surface area contributed by atoms with E-state index in [2.05, 4.69) is 17.5 Å². The number of hydrogen-bond acceptors (Lipinski definition) is 2. The van der Waals surface area contributed by atoms with Crippen molar-refractivity contribution in [3.8, 4) is 0 Å². The third-order valence-electron chi connectivity index (χ3n) is 4.05. The molecular formula is C14H24N2O. The summed E-state index contributed by atoms with van der Waals surface area (Å²) in [5, 5.41) is 4.33. The Labute approximate surface area is 104 Å². The fourth-order valence-corrected chi connectivity index (χ4v) is 2.95. The SMILES string of the molecule is C[C@@H]1CCC/C(=N/NC(=O)C2CCCCC2)C1. The molecule has 3 heteroatoms. The smallest absolute Gasteiger partial charge is 0.243 e. The zero-order chi connectivity index (χ0) is 12.1. The van der Waals surface area contributed by atoms with Gasteiger partial charge in [-0.25, -0.2) is 5.43 Å². The van der Waals surface area contributed by atoms with Crippen LogP contribution in [0, 0.1) is 11.8 Å². The quantitative estimate of drug-likeness (QED) is 0.735. The van der Waals surface area contributed by atoms with Crippen molar-refractivity contribution >= 4 is 11.6 Å². The van der Waals surface area contributed by atoms with Crippen LogP contribution in [-0.4, -0.2) is 11.6 Å². The molecule has 2 aliphatic carbocycles. The van der Waals surface area contributed by atoms with E-state index in [1.807, 2.05) is 0 Å². The van der Waals surface area contributed by atoms with Crippen molar-refractivity contribution in [2.24, 2.45) is 16.9 Å². The summed E-state index contributed by atoms with van der Waals surface area (Å²) < 4.78 is 0. The second-order valence-electron chi connectivity index (χ2n) is 5.69. The van der Waals surface area contributed by atoms with E-state index in [0.29, 0.717) is 0 Å². The first-order valence-corrected chi connectivity index (χ1v) is 7.11. The molecule has 0 spiro atoms. The van der Waals surface area contributed by atoms with Gasteiger partial charge in [-0.15, -0.1) is 0 Å². The Bertz CT molecular complexity index is 293. The van der Waals surface area contributed by atoms with Crippen LogP contribution >= 0.6 is 0 Å². The van der Waals surface area contributed by atoms with Crippen LogP contribution in [0.15, 0.2) is 5.10 Å². The van der Waals surface area contributed by atoms with Crippen molar-refractivity contribution in [1.82, 2.24) is 5.43 Å². The molecule has 0 aromatic rings. The molecule has 2 saturated carbocycles. The van der Waals surface area contributed by atoms with Crippen LogP contribution < -0.4 is 5.43 Å². The predicted octanol–water partition coefficient (Wildman–Crippen LogP) is 3.25. The Morgan fingerprint density at radius 2 is 1.94 bits per heavy atom. The van der Waals surface area contributed by atoms with E-state index in [0.717, 1.165) is 31.6 Å². The molecule has 0 unspecified atom stereocenters. The fraction of sp³-hybridized carbons (Fsp3) is 0.857. The molecule has 1 N–H and O–H groups in total. The highest BCUT2D eigenvalue weighted by Crippen LogP contribution is 2.24. The molecule has 2 fully saturated rings. The van der Waals surface area contributed by atoms with Crippen LogP contribution in [0.5, 0.6) is 0 Å². The summed E-state index contributed by atoms with van der Waals surface area (Å²) in [4.78, 5) is 11.9. The third kappa shape index (κ3) is 3.83. The molecule has 0 aliphatic heterocycles. The van der Waals surface area contributed by atoms with E-state index in [9.17, 15) is 4.79 Å². The summed E-state index contributed by atoms with van der Waals surface area (Å²) in [5.41, 5.74) is 3.98. The lowest BCUT2D eigenvalue weighted by Gasteiger charge is -2.21. The van der Waals surface area contributed by atoms with Crippen molar-refractivity contribution in [3.63, 3.8) is 0 Å². The maximum Gasteiger partial charge on any atom is 0.243 e. The summed E-state index contributed by atoms with van der Waals surface area (Å²) in [6, 6.07) is 0. The summed E-state index contributed by atoms with van der Waals surface area (Å²) in [6.45, 7) is 2.26. The zero-order valence-electron chi connectivity index (χ0n) is 10.9. The van der Waals surface area contributed by atoms with Gasteiger partial charge >= 0.3 is 0 Å². The van der Waals surface area contributed by atoms with E-state index < -0.39 is 0 Å². The van der Waals surface area contributed by atoms with Gasteiger partial charge in [0.1, 0.15) is 0 Å². The average molecular weight is 236 g/mol. The number of carbonyl (C=O) groups is 1. The van der Waals surface area contributed by atoms with Crippen molar-refractivity contribution in [1.29, 1.82) is 0 Å². The van der Waals surface area contributed by atoms with Gasteiger partial charge in [0.05, 0.1) is 0 Å². The highest BCUT2D eigenvalue weighted by molar-refractivity contribution is 5.87. The third-order valence-corrected chi connectivity index (χ3v) is 4.05. The number of rotatable bonds is 2. The molecular weight excluding hydrogens is 212 g/mol. The minimum Gasteiger partial charge on any atom is -0.273 e. The van der Waals surface area contributed by atoms with Gasteiger partial charge in [-0.2, -0.15) is 5.10 Å². The lowest BCUT2D eigenvalue weighted by molar-refractivity contribution is -0.125. The van der Waals surface area contributed by atoms with Crippen LogP contribution in [0.3, 0.4) is 0 Å². The predicted molar refractivity (Wildman–Crippen MR) is 69.8 cm³/mol. The summed E-state index contributed by atoms with van der Waals surface area (Å²) in [6.07, 6.45) is 10.4. The average Bonchev–Trinajstić information content (AvgIpc) is 2.37. The van der Waals surface area contributed by atoms with Crippen molar-refractivity contribution in [2.75, 3.05) is 0 Å². The number of hydrogen-bond donors (Lipinski definition) is 1. The largest absolute Gasteiger partial charge is 0.273 e. The lowest BCUT2D eigenvalue weighted by Crippen LogP contribution is -2.29. The van der Waals surface area contributed by atoms with Crippen molar-refractivity contribution in [3.05, 3.63) is 0 Å². The van der Waals surface area contributed by atoms with Gasteiger partial charge in [-0.1, -0.05) is 26.2 Å². The van der Waals surface area contributed by atoms with Gasteiger partial charge in [0.15, 0.2) is 0 Å². The highest BCUT2D eigenvalue weighted by Gasteiger charge is 2.21. The zero-order valence-corrected chi connectivity index (χ0v) is 10.9. The van der Waals surface area contributed by atoms with E-state index in [4.69, 9.17) is 0 Å². The van der Waals surface area contributed by atoms with Crippen LogP contribution in [0.25, 0.3) is 0 Å².